The zero-order chi connectivity index (χ0) is 13.9. The van der Waals surface area contributed by atoms with Gasteiger partial charge in [-0.05, 0) is 12.5 Å². The number of nitrogens with zero attached hydrogens (tertiary/aromatic N) is 2. The van der Waals surface area contributed by atoms with E-state index in [2.05, 4.69) is 27.5 Å². The first-order valence-corrected chi connectivity index (χ1v) is 6.74. The zero-order valence-corrected chi connectivity index (χ0v) is 12.1. The Morgan fingerprint density at radius 2 is 2.16 bits per heavy atom. The van der Waals surface area contributed by atoms with Gasteiger partial charge < -0.3 is 15.4 Å². The van der Waals surface area contributed by atoms with Crippen LogP contribution in [0.5, 0.6) is 5.88 Å². The molecule has 1 heterocycles. The van der Waals surface area contributed by atoms with Crippen molar-refractivity contribution < 1.29 is 4.74 Å². The van der Waals surface area contributed by atoms with Crippen molar-refractivity contribution in [3.8, 4) is 5.88 Å². The molecule has 0 saturated carbocycles. The fourth-order valence-corrected chi connectivity index (χ4v) is 1.65. The molecule has 0 aliphatic carbocycles. The van der Waals surface area contributed by atoms with Gasteiger partial charge in [0, 0.05) is 19.7 Å². The summed E-state index contributed by atoms with van der Waals surface area (Å²) in [5.74, 6) is 1.44. The van der Waals surface area contributed by atoms with Crippen LogP contribution in [0.15, 0.2) is 23.2 Å². The molecule has 5 nitrogen and oxygen atoms in total. The van der Waals surface area contributed by atoms with Crippen molar-refractivity contribution in [1.82, 2.24) is 15.6 Å². The molecule has 1 aromatic rings. The van der Waals surface area contributed by atoms with E-state index < -0.39 is 0 Å². The minimum Gasteiger partial charge on any atom is -0.481 e. The summed E-state index contributed by atoms with van der Waals surface area (Å²) < 4.78 is 5.10. The summed E-state index contributed by atoms with van der Waals surface area (Å²) in [5.41, 5.74) is 0.927. The van der Waals surface area contributed by atoms with Gasteiger partial charge in [0.05, 0.1) is 19.3 Å². The van der Waals surface area contributed by atoms with Gasteiger partial charge in [-0.25, -0.2) is 4.98 Å². The molecule has 1 rings (SSSR count). The van der Waals surface area contributed by atoms with Crippen LogP contribution in [0.4, 0.5) is 0 Å². The molecule has 2 N–H and O–H groups in total. The van der Waals surface area contributed by atoms with Crippen LogP contribution in [0.25, 0.3) is 0 Å². The van der Waals surface area contributed by atoms with Crippen LogP contribution in [-0.2, 0) is 6.54 Å². The highest BCUT2D eigenvalue weighted by Gasteiger charge is 2.00. The Bertz CT molecular complexity index is 393. The number of hydrogen-bond donors (Lipinski definition) is 2. The lowest BCUT2D eigenvalue weighted by Gasteiger charge is -2.11. The number of pyridine rings is 1. The smallest absolute Gasteiger partial charge is 0.213 e. The largest absolute Gasteiger partial charge is 0.481 e. The Hall–Kier alpha value is -1.78. The Morgan fingerprint density at radius 3 is 2.84 bits per heavy atom. The maximum Gasteiger partial charge on any atom is 0.213 e. The average Bonchev–Trinajstić information content (AvgIpc) is 2.47. The van der Waals surface area contributed by atoms with Gasteiger partial charge >= 0.3 is 0 Å². The Morgan fingerprint density at radius 1 is 1.32 bits per heavy atom. The van der Waals surface area contributed by atoms with E-state index in [1.165, 1.54) is 12.8 Å². The molecule has 0 bridgehead atoms. The second-order valence-electron chi connectivity index (χ2n) is 4.23. The van der Waals surface area contributed by atoms with Crippen LogP contribution in [0, 0.1) is 0 Å². The monoisotopic (exact) mass is 264 g/mol. The highest BCUT2D eigenvalue weighted by Crippen LogP contribution is 2.05. The zero-order valence-electron chi connectivity index (χ0n) is 12.1. The van der Waals surface area contributed by atoms with E-state index >= 15 is 0 Å². The second-order valence-corrected chi connectivity index (χ2v) is 4.23. The van der Waals surface area contributed by atoms with E-state index in [0.29, 0.717) is 12.4 Å². The van der Waals surface area contributed by atoms with Crippen LogP contribution < -0.4 is 15.4 Å². The molecular formula is C14H24N4O. The normalized spacial score (nSPS) is 11.2. The van der Waals surface area contributed by atoms with Crippen LogP contribution in [-0.4, -0.2) is 31.6 Å². The summed E-state index contributed by atoms with van der Waals surface area (Å²) in [7, 11) is 3.39. The number of unbranched alkanes of at least 4 members (excludes halogenated alkanes) is 2. The van der Waals surface area contributed by atoms with Gasteiger partial charge in [0.2, 0.25) is 5.88 Å². The molecule has 1 aromatic heterocycles. The summed E-state index contributed by atoms with van der Waals surface area (Å²) in [5, 5.41) is 6.52. The molecule has 0 radical (unpaired) electrons. The number of aliphatic imine (C=N–C) groups is 1. The van der Waals surface area contributed by atoms with Crippen LogP contribution >= 0.6 is 0 Å². The number of ether oxygens (including phenoxy) is 1. The number of guanidine groups is 1. The van der Waals surface area contributed by atoms with E-state index in [0.717, 1.165) is 24.6 Å². The van der Waals surface area contributed by atoms with E-state index in [4.69, 9.17) is 4.74 Å². The third-order valence-electron chi connectivity index (χ3n) is 2.72. The van der Waals surface area contributed by atoms with Crippen molar-refractivity contribution in [3.63, 3.8) is 0 Å². The van der Waals surface area contributed by atoms with Crippen molar-refractivity contribution in [2.75, 3.05) is 20.7 Å². The Kier molecular flexibility index (Phi) is 7.39. The van der Waals surface area contributed by atoms with Gasteiger partial charge in [-0.15, -0.1) is 0 Å². The fourth-order valence-electron chi connectivity index (χ4n) is 1.65. The van der Waals surface area contributed by atoms with Gasteiger partial charge in [0.15, 0.2) is 5.96 Å². The first-order valence-electron chi connectivity index (χ1n) is 6.74. The molecule has 0 amide bonds. The third kappa shape index (κ3) is 6.08. The van der Waals surface area contributed by atoms with Gasteiger partial charge in [-0.3, -0.25) is 4.99 Å². The van der Waals surface area contributed by atoms with Crippen molar-refractivity contribution in [2.24, 2.45) is 4.99 Å². The number of rotatable bonds is 7. The quantitative estimate of drug-likeness (QED) is 0.449. The highest BCUT2D eigenvalue weighted by atomic mass is 16.5. The van der Waals surface area contributed by atoms with Gasteiger partial charge in [-0.1, -0.05) is 25.8 Å². The molecule has 0 fully saturated rings. The van der Waals surface area contributed by atoms with E-state index in [9.17, 15) is 0 Å². The van der Waals surface area contributed by atoms with Gasteiger partial charge in [-0.2, -0.15) is 0 Å². The molecule has 106 valence electrons. The molecule has 0 spiro atoms. The standard InChI is InChI=1S/C14H24N4O/c1-4-5-6-10-16-14(15-2)17-11-12-8-7-9-13(18-12)19-3/h7-9H,4-6,10-11H2,1-3H3,(H2,15,16,17). The lowest BCUT2D eigenvalue weighted by molar-refractivity contribution is 0.396. The first-order chi connectivity index (χ1) is 9.30. The molecule has 0 atom stereocenters. The average molecular weight is 264 g/mol. The predicted octanol–water partition coefficient (Wildman–Crippen LogP) is 1.95. The maximum atomic E-state index is 5.10. The maximum absolute atomic E-state index is 5.10. The van der Waals surface area contributed by atoms with Crippen LogP contribution in [0.1, 0.15) is 31.9 Å². The molecule has 5 heteroatoms. The summed E-state index contributed by atoms with van der Waals surface area (Å²) in [6.45, 7) is 3.77. The molecule has 0 saturated heterocycles. The molecule has 0 unspecified atom stereocenters. The van der Waals surface area contributed by atoms with Gasteiger partial charge in [0.25, 0.3) is 0 Å². The van der Waals surface area contributed by atoms with Crippen molar-refractivity contribution in [2.45, 2.75) is 32.7 Å². The minimum atomic E-state index is 0.630. The van der Waals surface area contributed by atoms with E-state index in [1.807, 2.05) is 18.2 Å². The topological polar surface area (TPSA) is 58.5 Å². The first kappa shape index (κ1) is 15.3. The van der Waals surface area contributed by atoms with Crippen molar-refractivity contribution in [3.05, 3.63) is 23.9 Å². The number of hydrogen-bond acceptors (Lipinski definition) is 3. The van der Waals surface area contributed by atoms with Crippen LogP contribution in [0.3, 0.4) is 0 Å². The van der Waals surface area contributed by atoms with E-state index in [1.54, 1.807) is 14.2 Å². The van der Waals surface area contributed by atoms with E-state index in [-0.39, 0.29) is 0 Å². The lowest BCUT2D eigenvalue weighted by Crippen LogP contribution is -2.37. The third-order valence-corrected chi connectivity index (χ3v) is 2.72. The van der Waals surface area contributed by atoms with Crippen molar-refractivity contribution >= 4 is 5.96 Å². The fraction of sp³-hybridized carbons (Fsp3) is 0.571. The molecule has 0 aliphatic rings. The Balaban J connectivity index is 2.36. The highest BCUT2D eigenvalue weighted by molar-refractivity contribution is 5.79. The molecule has 19 heavy (non-hydrogen) atoms. The number of methoxy groups -OCH3 is 1. The SMILES string of the molecule is CCCCCNC(=NC)NCc1cccc(OC)n1. The number of aromatic nitrogens is 1. The lowest BCUT2D eigenvalue weighted by atomic mass is 10.2. The molecule has 0 aliphatic heterocycles. The molecular weight excluding hydrogens is 240 g/mol. The summed E-state index contributed by atoms with van der Waals surface area (Å²) in [6, 6.07) is 5.72. The summed E-state index contributed by atoms with van der Waals surface area (Å²) in [6.07, 6.45) is 3.62. The number of nitrogens with one attached hydrogen (secondary N) is 2. The van der Waals surface area contributed by atoms with Crippen LogP contribution in [0.2, 0.25) is 0 Å². The van der Waals surface area contributed by atoms with Crippen molar-refractivity contribution in [1.29, 1.82) is 0 Å². The summed E-state index contributed by atoms with van der Waals surface area (Å²) >= 11 is 0. The van der Waals surface area contributed by atoms with Gasteiger partial charge in [0.1, 0.15) is 0 Å². The predicted molar refractivity (Wildman–Crippen MR) is 78.5 cm³/mol. The Labute approximate surface area is 115 Å². The second kappa shape index (κ2) is 9.19. The minimum absolute atomic E-state index is 0.630. The summed E-state index contributed by atoms with van der Waals surface area (Å²) in [4.78, 5) is 8.52. The molecule has 0 aromatic carbocycles.